The van der Waals surface area contributed by atoms with Crippen LogP contribution in [0.25, 0.3) is 0 Å². The van der Waals surface area contributed by atoms with Gasteiger partial charge in [0.2, 0.25) is 19.9 Å². The fourth-order valence-electron chi connectivity index (χ4n) is 3.62. The minimum Gasteiger partial charge on any atom is -0.326 e. The van der Waals surface area contributed by atoms with Gasteiger partial charge in [-0.25, -0.2) is 25.3 Å². The van der Waals surface area contributed by atoms with Gasteiger partial charge in [0.05, 0.1) is 20.8 Å². The average Bonchev–Trinajstić information content (AvgIpc) is 3.42. The van der Waals surface area contributed by atoms with Crippen molar-refractivity contribution < 1.29 is 25.3 Å². The van der Waals surface area contributed by atoms with E-state index in [1.807, 2.05) is 0 Å². The first-order valence-electron chi connectivity index (χ1n) is 10.3. The van der Waals surface area contributed by atoms with Gasteiger partial charge < -0.3 is 5.73 Å². The summed E-state index contributed by atoms with van der Waals surface area (Å²) in [5, 5.41) is -0.520. The molecule has 32 heavy (non-hydrogen) atoms. The van der Waals surface area contributed by atoms with Gasteiger partial charge >= 0.3 is 0 Å². The Morgan fingerprint density at radius 1 is 1.06 bits per heavy atom. The Kier molecular flexibility index (Phi) is 7.52. The number of sulfonamides is 1. The molecule has 1 aliphatic rings. The zero-order valence-electron chi connectivity index (χ0n) is 18.0. The van der Waals surface area contributed by atoms with Crippen LogP contribution in [0.3, 0.4) is 0 Å². The summed E-state index contributed by atoms with van der Waals surface area (Å²) >= 11 is 1.06. The largest absolute Gasteiger partial charge is 0.326 e. The molecule has 1 fully saturated rings. The third-order valence-corrected chi connectivity index (χ3v) is 13.1. The normalized spacial score (nSPS) is 18.4. The van der Waals surface area contributed by atoms with Crippen LogP contribution >= 0.6 is 11.3 Å². The second-order valence-corrected chi connectivity index (χ2v) is 15.9. The van der Waals surface area contributed by atoms with Gasteiger partial charge in [0, 0.05) is 24.0 Å². The zero-order valence-corrected chi connectivity index (χ0v) is 21.2. The SMILES string of the molecule is CC(C)S(=O)(=O)CC[C@@H]1CCCN1S(=O)(=O)c1cccc(S(=O)(=O)c2ccc(CN)s2)c1. The summed E-state index contributed by atoms with van der Waals surface area (Å²) in [6.45, 7) is 3.71. The summed E-state index contributed by atoms with van der Waals surface area (Å²) in [4.78, 5) is 0.485. The van der Waals surface area contributed by atoms with E-state index in [0.717, 1.165) is 11.3 Å². The lowest BCUT2D eigenvalue weighted by molar-refractivity contribution is 0.379. The Balaban J connectivity index is 1.89. The smallest absolute Gasteiger partial charge is 0.243 e. The predicted molar refractivity (Wildman–Crippen MR) is 125 cm³/mol. The van der Waals surface area contributed by atoms with Crippen LogP contribution in [-0.2, 0) is 36.2 Å². The van der Waals surface area contributed by atoms with E-state index in [9.17, 15) is 25.3 Å². The highest BCUT2D eigenvalue weighted by Gasteiger charge is 2.36. The molecule has 2 aromatic rings. The van der Waals surface area contributed by atoms with E-state index in [4.69, 9.17) is 5.73 Å². The van der Waals surface area contributed by atoms with Gasteiger partial charge in [-0.2, -0.15) is 4.31 Å². The number of thiophene rings is 1. The van der Waals surface area contributed by atoms with Crippen molar-refractivity contribution in [3.05, 3.63) is 41.3 Å². The molecule has 2 N–H and O–H groups in total. The van der Waals surface area contributed by atoms with E-state index >= 15 is 0 Å². The molecule has 8 nitrogen and oxygen atoms in total. The highest BCUT2D eigenvalue weighted by Crippen LogP contribution is 2.32. The van der Waals surface area contributed by atoms with E-state index in [-0.39, 0.29) is 39.3 Å². The maximum Gasteiger partial charge on any atom is 0.243 e. The molecule has 1 aliphatic heterocycles. The second kappa shape index (κ2) is 9.51. The molecule has 12 heteroatoms. The molecule has 2 heterocycles. The van der Waals surface area contributed by atoms with Gasteiger partial charge in [0.25, 0.3) is 0 Å². The van der Waals surface area contributed by atoms with Crippen molar-refractivity contribution in [1.29, 1.82) is 0 Å². The van der Waals surface area contributed by atoms with Crippen LogP contribution in [0.1, 0.15) is 38.0 Å². The van der Waals surface area contributed by atoms with Gasteiger partial charge in [-0.1, -0.05) is 6.07 Å². The molecular weight excluding hydrogens is 492 g/mol. The monoisotopic (exact) mass is 520 g/mol. The molecule has 1 saturated heterocycles. The zero-order chi connectivity index (χ0) is 23.7. The molecule has 1 aromatic heterocycles. The van der Waals surface area contributed by atoms with Crippen LogP contribution in [-0.4, -0.2) is 53.1 Å². The molecule has 0 radical (unpaired) electrons. The first-order chi connectivity index (χ1) is 14.9. The van der Waals surface area contributed by atoms with Crippen LogP contribution in [0.5, 0.6) is 0 Å². The fraction of sp³-hybridized carbons (Fsp3) is 0.500. The molecule has 0 aliphatic carbocycles. The third-order valence-electron chi connectivity index (χ3n) is 5.60. The molecular formula is C20H28N2O6S4. The molecule has 1 atom stereocenters. The number of hydrogen-bond acceptors (Lipinski definition) is 8. The minimum atomic E-state index is -3.98. The Morgan fingerprint density at radius 3 is 2.38 bits per heavy atom. The van der Waals surface area contributed by atoms with Crippen molar-refractivity contribution in [2.24, 2.45) is 5.73 Å². The van der Waals surface area contributed by atoms with Crippen molar-refractivity contribution in [2.75, 3.05) is 12.3 Å². The Bertz CT molecular complexity index is 1280. The Hall–Kier alpha value is -1.31. The van der Waals surface area contributed by atoms with Crippen molar-refractivity contribution >= 4 is 41.0 Å². The van der Waals surface area contributed by atoms with Crippen LogP contribution in [0, 0.1) is 0 Å². The van der Waals surface area contributed by atoms with Crippen LogP contribution in [0.4, 0.5) is 0 Å². The molecule has 0 amide bonds. The quantitative estimate of drug-likeness (QED) is 0.537. The highest BCUT2D eigenvalue weighted by molar-refractivity contribution is 7.93. The molecule has 1 aromatic carbocycles. The van der Waals surface area contributed by atoms with Crippen LogP contribution in [0.2, 0.25) is 0 Å². The summed E-state index contributed by atoms with van der Waals surface area (Å²) in [6, 6.07) is 7.99. The number of hydrogen-bond donors (Lipinski definition) is 1. The lowest BCUT2D eigenvalue weighted by Crippen LogP contribution is -2.37. The van der Waals surface area contributed by atoms with E-state index in [1.165, 1.54) is 34.6 Å². The average molecular weight is 521 g/mol. The lowest BCUT2D eigenvalue weighted by Gasteiger charge is -2.24. The van der Waals surface area contributed by atoms with Crippen LogP contribution in [0.15, 0.2) is 50.4 Å². The van der Waals surface area contributed by atoms with E-state index in [2.05, 4.69) is 0 Å². The number of sulfone groups is 2. The first-order valence-corrected chi connectivity index (χ1v) is 15.7. The van der Waals surface area contributed by atoms with Gasteiger partial charge in [0.1, 0.15) is 4.21 Å². The van der Waals surface area contributed by atoms with Crippen LogP contribution < -0.4 is 5.73 Å². The standard InChI is InChI=1S/C20H28N2O6S4/c1-15(2)30(23,24)12-10-16-5-4-11-22(16)32(27,28)19-7-3-6-18(13-19)31(25,26)20-9-8-17(14-21)29-20/h3,6-9,13,15-16H,4-5,10-12,14,21H2,1-2H3/t16-/m0/s1. The van der Waals surface area contributed by atoms with E-state index in [1.54, 1.807) is 19.9 Å². The van der Waals surface area contributed by atoms with Gasteiger partial charge in [0.15, 0.2) is 9.84 Å². The first kappa shape index (κ1) is 25.3. The Morgan fingerprint density at radius 2 is 1.75 bits per heavy atom. The molecule has 0 spiro atoms. The topological polar surface area (TPSA) is 132 Å². The van der Waals surface area contributed by atoms with Crippen molar-refractivity contribution in [1.82, 2.24) is 4.31 Å². The summed E-state index contributed by atoms with van der Waals surface area (Å²) in [6.07, 6.45) is 1.41. The van der Waals surface area contributed by atoms with Crippen molar-refractivity contribution in [3.63, 3.8) is 0 Å². The number of nitrogens with two attached hydrogens (primary N) is 1. The van der Waals surface area contributed by atoms with Gasteiger partial charge in [-0.15, -0.1) is 11.3 Å². The predicted octanol–water partition coefficient (Wildman–Crippen LogP) is 2.41. The third kappa shape index (κ3) is 5.10. The highest BCUT2D eigenvalue weighted by atomic mass is 32.2. The number of nitrogens with zero attached hydrogens (tertiary/aromatic N) is 1. The maximum absolute atomic E-state index is 13.3. The van der Waals surface area contributed by atoms with E-state index in [0.29, 0.717) is 17.7 Å². The lowest BCUT2D eigenvalue weighted by atomic mass is 10.2. The van der Waals surface area contributed by atoms with Crippen molar-refractivity contribution in [3.8, 4) is 0 Å². The maximum atomic E-state index is 13.3. The summed E-state index contributed by atoms with van der Waals surface area (Å²) in [5.41, 5.74) is 5.57. The summed E-state index contributed by atoms with van der Waals surface area (Å²) in [5.74, 6) is -0.0857. The molecule has 0 unspecified atom stereocenters. The number of rotatable bonds is 9. The molecule has 0 saturated carbocycles. The van der Waals surface area contributed by atoms with E-state index < -0.39 is 41.0 Å². The molecule has 3 rings (SSSR count). The minimum absolute atomic E-state index is 0.0857. The summed E-state index contributed by atoms with van der Waals surface area (Å²) < 4.78 is 78.5. The van der Waals surface area contributed by atoms with Crippen molar-refractivity contribution in [2.45, 2.75) is 64.9 Å². The Labute approximate surface area is 194 Å². The molecule has 0 bridgehead atoms. The number of benzene rings is 1. The fourth-order valence-corrected chi connectivity index (χ4v) is 9.21. The second-order valence-electron chi connectivity index (χ2n) is 8.02. The van der Waals surface area contributed by atoms with Gasteiger partial charge in [-0.05, 0) is 63.4 Å². The van der Waals surface area contributed by atoms with Gasteiger partial charge in [-0.3, -0.25) is 0 Å². The summed E-state index contributed by atoms with van der Waals surface area (Å²) in [7, 11) is -11.2. The molecule has 178 valence electrons.